The Kier molecular flexibility index (Phi) is 3.24. The SMILES string of the molecule is Cc1ccc(S(=O)(=O)NC(C(=O)O)C2CC2)s1. The fraction of sp³-hybridized carbons (Fsp3) is 0.500. The van der Waals surface area contributed by atoms with Crippen LogP contribution in [0.4, 0.5) is 0 Å². The lowest BCUT2D eigenvalue weighted by atomic mass is 10.2. The van der Waals surface area contributed by atoms with Crippen molar-refractivity contribution in [1.82, 2.24) is 4.72 Å². The maximum absolute atomic E-state index is 11.9. The molecule has 0 amide bonds. The van der Waals surface area contributed by atoms with Crippen LogP contribution in [-0.4, -0.2) is 25.5 Å². The van der Waals surface area contributed by atoms with E-state index in [0.29, 0.717) is 0 Å². The summed E-state index contributed by atoms with van der Waals surface area (Å²) in [5, 5.41) is 8.98. The van der Waals surface area contributed by atoms with Gasteiger partial charge in [0.2, 0.25) is 0 Å². The Labute approximate surface area is 104 Å². The van der Waals surface area contributed by atoms with Gasteiger partial charge in [0.1, 0.15) is 10.3 Å². The van der Waals surface area contributed by atoms with Crippen LogP contribution in [0.1, 0.15) is 17.7 Å². The zero-order valence-corrected chi connectivity index (χ0v) is 10.8. The summed E-state index contributed by atoms with van der Waals surface area (Å²) in [6.45, 7) is 1.80. The summed E-state index contributed by atoms with van der Waals surface area (Å²) in [5.41, 5.74) is 0. The molecule has 17 heavy (non-hydrogen) atoms. The van der Waals surface area contributed by atoms with Crippen molar-refractivity contribution in [2.75, 3.05) is 0 Å². The molecule has 1 fully saturated rings. The number of rotatable bonds is 5. The van der Waals surface area contributed by atoms with Crippen LogP contribution in [0.25, 0.3) is 0 Å². The van der Waals surface area contributed by atoms with E-state index >= 15 is 0 Å². The second-order valence-electron chi connectivity index (χ2n) is 4.14. The van der Waals surface area contributed by atoms with Gasteiger partial charge in [-0.15, -0.1) is 11.3 Å². The van der Waals surface area contributed by atoms with E-state index in [0.717, 1.165) is 29.1 Å². The quantitative estimate of drug-likeness (QED) is 0.845. The number of carboxylic acid groups (broad SMARTS) is 1. The molecule has 0 saturated heterocycles. The van der Waals surface area contributed by atoms with E-state index in [1.807, 2.05) is 0 Å². The maximum Gasteiger partial charge on any atom is 0.322 e. The second-order valence-corrected chi connectivity index (χ2v) is 7.37. The topological polar surface area (TPSA) is 83.5 Å². The zero-order valence-electron chi connectivity index (χ0n) is 9.21. The molecule has 94 valence electrons. The summed E-state index contributed by atoms with van der Waals surface area (Å²) in [5.74, 6) is -1.17. The Morgan fingerprint density at radius 3 is 2.59 bits per heavy atom. The van der Waals surface area contributed by atoms with Gasteiger partial charge in [0.25, 0.3) is 10.0 Å². The number of aryl methyl sites for hydroxylation is 1. The van der Waals surface area contributed by atoms with Crippen molar-refractivity contribution in [3.63, 3.8) is 0 Å². The number of hydrogen-bond donors (Lipinski definition) is 2. The Hall–Kier alpha value is -0.920. The van der Waals surface area contributed by atoms with Crippen LogP contribution in [0, 0.1) is 12.8 Å². The normalized spacial score (nSPS) is 17.9. The summed E-state index contributed by atoms with van der Waals surface area (Å²) >= 11 is 1.14. The molecule has 2 rings (SSSR count). The fourth-order valence-electron chi connectivity index (χ4n) is 1.56. The average Bonchev–Trinajstić information content (AvgIpc) is 2.96. The first-order chi connectivity index (χ1) is 7.90. The van der Waals surface area contributed by atoms with E-state index in [4.69, 9.17) is 5.11 Å². The Morgan fingerprint density at radius 2 is 2.18 bits per heavy atom. The molecule has 1 atom stereocenters. The first kappa shape index (κ1) is 12.5. The number of thiophene rings is 1. The molecule has 1 unspecified atom stereocenters. The average molecular weight is 275 g/mol. The first-order valence-electron chi connectivity index (χ1n) is 5.22. The van der Waals surface area contributed by atoms with Crippen molar-refractivity contribution in [2.24, 2.45) is 5.92 Å². The smallest absolute Gasteiger partial charge is 0.322 e. The van der Waals surface area contributed by atoms with E-state index in [2.05, 4.69) is 4.72 Å². The lowest BCUT2D eigenvalue weighted by molar-refractivity contribution is -0.139. The molecule has 0 spiro atoms. The van der Waals surface area contributed by atoms with Crippen molar-refractivity contribution in [1.29, 1.82) is 0 Å². The molecule has 1 aromatic heterocycles. The van der Waals surface area contributed by atoms with Gasteiger partial charge >= 0.3 is 5.97 Å². The van der Waals surface area contributed by atoms with Gasteiger partial charge in [0, 0.05) is 4.88 Å². The third-order valence-electron chi connectivity index (χ3n) is 2.62. The van der Waals surface area contributed by atoms with Gasteiger partial charge in [-0.1, -0.05) is 0 Å². The third kappa shape index (κ3) is 2.85. The van der Waals surface area contributed by atoms with Gasteiger partial charge in [0.15, 0.2) is 0 Å². The Bertz CT molecular complexity index is 530. The van der Waals surface area contributed by atoms with Crippen molar-refractivity contribution in [3.05, 3.63) is 17.0 Å². The number of aliphatic carboxylic acids is 1. The molecule has 1 aromatic rings. The zero-order chi connectivity index (χ0) is 12.6. The van der Waals surface area contributed by atoms with Crippen LogP contribution >= 0.6 is 11.3 Å². The van der Waals surface area contributed by atoms with Gasteiger partial charge in [0.05, 0.1) is 0 Å². The molecule has 0 radical (unpaired) electrons. The van der Waals surface area contributed by atoms with Gasteiger partial charge in [-0.2, -0.15) is 4.72 Å². The maximum atomic E-state index is 11.9. The van der Waals surface area contributed by atoms with E-state index < -0.39 is 22.0 Å². The Balaban J connectivity index is 2.18. The molecule has 1 aliphatic rings. The molecule has 0 aliphatic heterocycles. The highest BCUT2D eigenvalue weighted by Gasteiger charge is 2.39. The van der Waals surface area contributed by atoms with Crippen molar-refractivity contribution >= 4 is 27.3 Å². The van der Waals surface area contributed by atoms with Crippen molar-refractivity contribution in [2.45, 2.75) is 30.0 Å². The lowest BCUT2D eigenvalue weighted by Crippen LogP contribution is -2.42. The van der Waals surface area contributed by atoms with E-state index in [1.165, 1.54) is 6.07 Å². The minimum absolute atomic E-state index is 0.0664. The number of carbonyl (C=O) groups is 1. The van der Waals surface area contributed by atoms with Gasteiger partial charge in [-0.25, -0.2) is 8.42 Å². The molecule has 2 N–H and O–H groups in total. The van der Waals surface area contributed by atoms with Crippen LogP contribution in [-0.2, 0) is 14.8 Å². The highest BCUT2D eigenvalue weighted by Crippen LogP contribution is 2.33. The molecular formula is C10H13NO4S2. The molecule has 1 aliphatic carbocycles. The lowest BCUT2D eigenvalue weighted by Gasteiger charge is -2.12. The summed E-state index contributed by atoms with van der Waals surface area (Å²) < 4.78 is 26.3. The molecular weight excluding hydrogens is 262 g/mol. The molecule has 0 aromatic carbocycles. The van der Waals surface area contributed by atoms with Crippen LogP contribution in [0.5, 0.6) is 0 Å². The second kappa shape index (κ2) is 4.40. The standard InChI is InChI=1S/C10H13NO4S2/c1-6-2-5-8(16-6)17(14,15)11-9(10(12)13)7-3-4-7/h2,5,7,9,11H,3-4H2,1H3,(H,12,13). The number of sulfonamides is 1. The molecule has 7 heteroatoms. The minimum atomic E-state index is -3.70. The molecule has 0 bridgehead atoms. The van der Waals surface area contributed by atoms with Crippen LogP contribution in [0.3, 0.4) is 0 Å². The summed E-state index contributed by atoms with van der Waals surface area (Å²) in [7, 11) is -3.70. The summed E-state index contributed by atoms with van der Waals surface area (Å²) in [4.78, 5) is 11.9. The third-order valence-corrected chi connectivity index (χ3v) is 5.56. The molecule has 1 heterocycles. The predicted octanol–water partition coefficient (Wildman–Crippen LogP) is 1.20. The highest BCUT2D eigenvalue weighted by molar-refractivity contribution is 7.91. The van der Waals surface area contributed by atoms with E-state index in [-0.39, 0.29) is 10.1 Å². The van der Waals surface area contributed by atoms with Gasteiger partial charge < -0.3 is 5.11 Å². The predicted molar refractivity (Wildman–Crippen MR) is 63.5 cm³/mol. The van der Waals surface area contributed by atoms with Crippen LogP contribution < -0.4 is 4.72 Å². The van der Waals surface area contributed by atoms with Crippen LogP contribution in [0.15, 0.2) is 16.3 Å². The van der Waals surface area contributed by atoms with Crippen LogP contribution in [0.2, 0.25) is 0 Å². The minimum Gasteiger partial charge on any atom is -0.480 e. The monoisotopic (exact) mass is 275 g/mol. The molecule has 1 saturated carbocycles. The highest BCUT2D eigenvalue weighted by atomic mass is 32.2. The summed E-state index contributed by atoms with van der Waals surface area (Å²) in [6.07, 6.45) is 1.53. The number of nitrogens with one attached hydrogen (secondary N) is 1. The first-order valence-corrected chi connectivity index (χ1v) is 7.52. The van der Waals surface area contributed by atoms with Gasteiger partial charge in [-0.05, 0) is 37.8 Å². The van der Waals surface area contributed by atoms with E-state index in [1.54, 1.807) is 13.0 Å². The molecule has 5 nitrogen and oxygen atoms in total. The Morgan fingerprint density at radius 1 is 1.53 bits per heavy atom. The number of hydrogen-bond acceptors (Lipinski definition) is 4. The summed E-state index contributed by atoms with van der Waals surface area (Å²) in [6, 6.07) is 2.20. The fourth-order valence-corrected chi connectivity index (χ4v) is 4.12. The van der Waals surface area contributed by atoms with Gasteiger partial charge in [-0.3, -0.25) is 4.79 Å². The van der Waals surface area contributed by atoms with E-state index in [9.17, 15) is 13.2 Å². The van der Waals surface area contributed by atoms with Crippen molar-refractivity contribution in [3.8, 4) is 0 Å². The van der Waals surface area contributed by atoms with Crippen molar-refractivity contribution < 1.29 is 18.3 Å². The number of carboxylic acids is 1. The largest absolute Gasteiger partial charge is 0.480 e.